The molecular formula is C18H24N2O13S2. The highest BCUT2D eigenvalue weighted by atomic mass is 32.2. The Kier molecular flexibility index (Phi) is 10.7. The molecule has 1 aliphatic carbocycles. The highest BCUT2D eigenvalue weighted by molar-refractivity contribution is 7.96. The van der Waals surface area contributed by atoms with E-state index in [9.17, 15) is 37.2 Å². The molecule has 17 heteroatoms. The topological polar surface area (TPSA) is 220 Å². The fourth-order valence-corrected chi connectivity index (χ4v) is 4.73. The Hall–Kier alpha value is -2.44. The number of esters is 1. The normalized spacial score (nSPS) is 22.7. The van der Waals surface area contributed by atoms with Crippen LogP contribution < -0.4 is 5.43 Å². The second-order valence-electron chi connectivity index (χ2n) is 7.75. The summed E-state index contributed by atoms with van der Waals surface area (Å²) in [5.41, 5.74) is 2.21. The highest BCUT2D eigenvalue weighted by Gasteiger charge is 2.49. The summed E-state index contributed by atoms with van der Waals surface area (Å²) in [6, 6.07) is 0. The fraction of sp³-hybridized carbons (Fsp3) is 0.667. The number of nitrogens with zero attached hydrogens (tertiary/aromatic N) is 1. The third kappa shape index (κ3) is 8.32. The number of unbranched alkanes of at least 4 members (excludes halogenated alkanes) is 4. The fourth-order valence-electron chi connectivity index (χ4n) is 3.41. The number of ketones is 2. The van der Waals surface area contributed by atoms with Gasteiger partial charge in [0.1, 0.15) is 5.25 Å². The highest BCUT2D eigenvalue weighted by Crippen LogP contribution is 2.25. The van der Waals surface area contributed by atoms with Crippen LogP contribution in [0.4, 0.5) is 0 Å². The molecule has 0 radical (unpaired) electrons. The SMILES string of the molecule is O=C(CCCCCCCC(=O)OC1C(=O)CC(S(=O)(=O)O)C1=O)NN1C(=O)CC(SOOO)C1=O. The van der Waals surface area contributed by atoms with Crippen molar-refractivity contribution in [2.75, 3.05) is 0 Å². The van der Waals surface area contributed by atoms with Gasteiger partial charge in [0.2, 0.25) is 23.7 Å². The van der Waals surface area contributed by atoms with Crippen LogP contribution in [0.2, 0.25) is 0 Å². The Morgan fingerprint density at radius 3 is 2.26 bits per heavy atom. The van der Waals surface area contributed by atoms with Crippen molar-refractivity contribution in [3.8, 4) is 0 Å². The number of imide groups is 1. The second kappa shape index (κ2) is 13.0. The van der Waals surface area contributed by atoms with Gasteiger partial charge in [-0.05, 0) is 12.8 Å². The number of Topliss-reactive ketones (excluding diaryl/α,β-unsaturated/α-hetero) is 2. The van der Waals surface area contributed by atoms with Crippen molar-refractivity contribution in [3.05, 3.63) is 0 Å². The van der Waals surface area contributed by atoms with Crippen molar-refractivity contribution in [1.82, 2.24) is 10.4 Å². The van der Waals surface area contributed by atoms with Crippen LogP contribution in [0.25, 0.3) is 0 Å². The van der Waals surface area contributed by atoms with Crippen molar-refractivity contribution in [2.24, 2.45) is 0 Å². The zero-order valence-corrected chi connectivity index (χ0v) is 19.9. The molecule has 2 rings (SSSR count). The largest absolute Gasteiger partial charge is 0.446 e. The lowest BCUT2D eigenvalue weighted by Gasteiger charge is -2.15. The molecule has 2 aliphatic rings. The predicted molar refractivity (Wildman–Crippen MR) is 113 cm³/mol. The van der Waals surface area contributed by atoms with E-state index < -0.39 is 68.4 Å². The van der Waals surface area contributed by atoms with E-state index in [0.717, 1.165) is 0 Å². The molecule has 3 atom stereocenters. The molecular weight excluding hydrogens is 516 g/mol. The monoisotopic (exact) mass is 540 g/mol. The van der Waals surface area contributed by atoms with Crippen molar-refractivity contribution in [1.29, 1.82) is 0 Å². The van der Waals surface area contributed by atoms with Crippen molar-refractivity contribution >= 4 is 57.4 Å². The summed E-state index contributed by atoms with van der Waals surface area (Å²) in [6.07, 6.45) is -0.295. The van der Waals surface area contributed by atoms with Gasteiger partial charge < -0.3 is 4.74 Å². The lowest BCUT2D eigenvalue weighted by molar-refractivity contribution is -0.432. The first-order valence-corrected chi connectivity index (χ1v) is 12.8. The summed E-state index contributed by atoms with van der Waals surface area (Å²) in [5, 5.41) is 9.19. The lowest BCUT2D eigenvalue weighted by Crippen LogP contribution is -2.46. The molecule has 1 heterocycles. The van der Waals surface area contributed by atoms with E-state index in [1.807, 2.05) is 0 Å². The van der Waals surface area contributed by atoms with Gasteiger partial charge in [-0.25, -0.2) is 5.26 Å². The molecule has 3 amide bonds. The molecule has 3 N–H and O–H groups in total. The number of ether oxygens (including phenoxy) is 1. The maximum absolute atomic E-state index is 12.0. The van der Waals surface area contributed by atoms with E-state index >= 15 is 0 Å². The van der Waals surface area contributed by atoms with Crippen LogP contribution in [0.15, 0.2) is 0 Å². The Morgan fingerprint density at radius 2 is 1.66 bits per heavy atom. The molecule has 3 unspecified atom stereocenters. The van der Waals surface area contributed by atoms with Crippen molar-refractivity contribution in [2.45, 2.75) is 74.4 Å². The molecule has 0 aromatic carbocycles. The van der Waals surface area contributed by atoms with E-state index in [1.54, 1.807) is 0 Å². The second-order valence-corrected chi connectivity index (χ2v) is 10.2. The minimum absolute atomic E-state index is 0.0357. The summed E-state index contributed by atoms with van der Waals surface area (Å²) < 4.78 is 40.1. The molecule has 196 valence electrons. The molecule has 0 spiro atoms. The minimum atomic E-state index is -4.75. The van der Waals surface area contributed by atoms with Gasteiger partial charge in [-0.2, -0.15) is 13.4 Å². The van der Waals surface area contributed by atoms with Gasteiger partial charge in [0.05, 0.1) is 6.42 Å². The first-order chi connectivity index (χ1) is 16.5. The number of hydrazine groups is 1. The van der Waals surface area contributed by atoms with Gasteiger partial charge in [-0.1, -0.05) is 24.3 Å². The smallest absolute Gasteiger partial charge is 0.306 e. The molecule has 35 heavy (non-hydrogen) atoms. The molecule has 0 bridgehead atoms. The summed E-state index contributed by atoms with van der Waals surface area (Å²) in [4.78, 5) is 71.2. The van der Waals surface area contributed by atoms with Gasteiger partial charge >= 0.3 is 5.97 Å². The van der Waals surface area contributed by atoms with E-state index in [1.165, 1.54) is 0 Å². The van der Waals surface area contributed by atoms with Gasteiger partial charge in [0, 0.05) is 31.3 Å². The molecule has 1 saturated heterocycles. The van der Waals surface area contributed by atoms with Crippen LogP contribution in [0.5, 0.6) is 0 Å². The van der Waals surface area contributed by atoms with Crippen molar-refractivity contribution < 1.29 is 61.1 Å². The quantitative estimate of drug-likeness (QED) is 0.0375. The van der Waals surface area contributed by atoms with Crippen LogP contribution in [0.3, 0.4) is 0 Å². The molecule has 0 aromatic heterocycles. The van der Waals surface area contributed by atoms with Gasteiger partial charge in [-0.15, -0.1) is 4.33 Å². The number of amides is 3. The third-order valence-corrected chi connectivity index (χ3v) is 7.03. The number of rotatable bonds is 14. The Balaban J connectivity index is 1.58. The van der Waals surface area contributed by atoms with Crippen LogP contribution >= 0.6 is 12.0 Å². The maximum atomic E-state index is 12.0. The van der Waals surface area contributed by atoms with Gasteiger partial charge in [-0.3, -0.25) is 38.7 Å². The van der Waals surface area contributed by atoms with E-state index in [2.05, 4.69) is 14.8 Å². The Morgan fingerprint density at radius 1 is 1.03 bits per heavy atom. The Labute approximate surface area is 203 Å². The number of nitrogens with one attached hydrogen (secondary N) is 1. The molecule has 1 saturated carbocycles. The lowest BCUT2D eigenvalue weighted by atomic mass is 10.1. The summed E-state index contributed by atoms with van der Waals surface area (Å²) in [7, 11) is -4.75. The van der Waals surface area contributed by atoms with Gasteiger partial charge in [0.15, 0.2) is 11.0 Å². The van der Waals surface area contributed by atoms with E-state index in [-0.39, 0.29) is 19.3 Å². The molecule has 1 aliphatic heterocycles. The zero-order valence-electron chi connectivity index (χ0n) is 18.2. The summed E-state index contributed by atoms with van der Waals surface area (Å²) in [6.45, 7) is 0. The first kappa shape index (κ1) is 28.8. The maximum Gasteiger partial charge on any atom is 0.306 e. The number of carbonyl (C=O) groups excluding carboxylic acids is 6. The Bertz CT molecular complexity index is 967. The average Bonchev–Trinajstić information content (AvgIpc) is 3.21. The number of hydrogen-bond donors (Lipinski definition) is 3. The van der Waals surface area contributed by atoms with Crippen LogP contribution in [0.1, 0.15) is 57.8 Å². The summed E-state index contributed by atoms with van der Waals surface area (Å²) >= 11 is 0.432. The average molecular weight is 541 g/mol. The standard InChI is InChI=1S/C18H24N2O13S2/c21-10-8-12(35(28,29)30)16(25)17(10)31-15(24)7-5-3-1-2-4-6-13(22)19-20-14(23)9-11(18(20)26)34-33-32-27/h11-12,17,27H,1-9H2,(H,19,22)(H,28,29,30). The van der Waals surface area contributed by atoms with Gasteiger partial charge in [0.25, 0.3) is 16.0 Å². The van der Waals surface area contributed by atoms with Crippen LogP contribution in [-0.4, -0.2) is 75.1 Å². The van der Waals surface area contributed by atoms with E-state index in [0.29, 0.717) is 49.2 Å². The minimum Gasteiger partial charge on any atom is -0.446 e. The van der Waals surface area contributed by atoms with Crippen LogP contribution in [-0.2, 0) is 53.0 Å². The summed E-state index contributed by atoms with van der Waals surface area (Å²) in [5.74, 6) is -4.80. The molecule has 0 aromatic rings. The number of hydrogen-bond acceptors (Lipinski definition) is 13. The molecule has 2 fully saturated rings. The zero-order chi connectivity index (χ0) is 26.2. The van der Waals surface area contributed by atoms with Crippen molar-refractivity contribution in [3.63, 3.8) is 0 Å². The third-order valence-electron chi connectivity index (χ3n) is 5.18. The van der Waals surface area contributed by atoms with E-state index in [4.69, 9.17) is 14.5 Å². The molecule has 15 nitrogen and oxygen atoms in total. The predicted octanol–water partition coefficient (Wildman–Crippen LogP) is -0.345. The number of carbonyl (C=O) groups is 6. The van der Waals surface area contributed by atoms with Crippen LogP contribution in [0, 0.1) is 0 Å². The first-order valence-electron chi connectivity index (χ1n) is 10.5.